The van der Waals surface area contributed by atoms with Crippen LogP contribution in [0.5, 0.6) is 11.5 Å². The molecule has 1 fully saturated rings. The maximum atomic E-state index is 12.9. The van der Waals surface area contributed by atoms with Crippen molar-refractivity contribution >= 4 is 28.8 Å². The normalized spacial score (nSPS) is 16.8. The van der Waals surface area contributed by atoms with Crippen molar-refractivity contribution in [2.45, 2.75) is 18.3 Å². The number of amides is 1. The van der Waals surface area contributed by atoms with Crippen LogP contribution in [0.4, 0.5) is 0 Å². The van der Waals surface area contributed by atoms with Crippen LogP contribution in [0, 0.1) is 0 Å². The third-order valence-corrected chi connectivity index (χ3v) is 6.99. The van der Waals surface area contributed by atoms with E-state index in [0.717, 1.165) is 40.5 Å². The van der Waals surface area contributed by atoms with E-state index in [0.29, 0.717) is 30.5 Å². The Morgan fingerprint density at radius 2 is 1.87 bits per heavy atom. The molecule has 2 aromatic carbocycles. The number of fused-ring (bicyclic) bond motifs is 1. The first-order chi connectivity index (χ1) is 15.1. The second-order valence-electron chi connectivity index (χ2n) is 7.69. The smallest absolute Gasteiger partial charge is 0.270 e. The first-order valence-corrected chi connectivity index (χ1v) is 11.4. The molecule has 8 heteroatoms. The highest BCUT2D eigenvalue weighted by Gasteiger charge is 2.36. The average Bonchev–Trinajstić information content (AvgIpc) is 3.48. The second-order valence-corrected chi connectivity index (χ2v) is 8.98. The topological polar surface area (TPSA) is 69.7 Å². The van der Waals surface area contributed by atoms with E-state index in [1.807, 2.05) is 36.4 Å². The van der Waals surface area contributed by atoms with Gasteiger partial charge in [0.05, 0.1) is 0 Å². The number of ether oxygens (including phenoxy) is 3. The number of nitrogens with one attached hydrogen (secondary N) is 1. The van der Waals surface area contributed by atoms with Crippen LogP contribution in [0.3, 0.4) is 0 Å². The highest BCUT2D eigenvalue weighted by Crippen LogP contribution is 2.40. The highest BCUT2D eigenvalue weighted by atomic mass is 35.5. The van der Waals surface area contributed by atoms with Crippen molar-refractivity contribution in [3.8, 4) is 22.1 Å². The number of benzene rings is 2. The first-order valence-electron chi connectivity index (χ1n) is 10.1. The minimum absolute atomic E-state index is 0.178. The number of nitrogens with zero attached hydrogens (tertiary/aromatic N) is 1. The third-order valence-electron chi connectivity index (χ3n) is 5.85. The van der Waals surface area contributed by atoms with Gasteiger partial charge in [0.15, 0.2) is 11.5 Å². The van der Waals surface area contributed by atoms with Crippen LogP contribution in [0.1, 0.15) is 28.9 Å². The van der Waals surface area contributed by atoms with Gasteiger partial charge in [0.25, 0.3) is 5.91 Å². The standard InChI is InChI=1S/C23H21ClN2O4S/c24-17-4-1-15(2-5-17)22-26-18(12-31-22)21(27)25-13-23(7-9-28-10-8-23)16-3-6-19-20(11-16)30-14-29-19/h1-6,11-12H,7-10,13-14H2,(H,25,27). The lowest BCUT2D eigenvalue weighted by atomic mass is 9.74. The minimum atomic E-state index is -0.218. The zero-order valence-corrected chi connectivity index (χ0v) is 18.3. The molecule has 31 heavy (non-hydrogen) atoms. The molecular weight excluding hydrogens is 436 g/mol. The molecule has 2 aliphatic heterocycles. The molecule has 0 bridgehead atoms. The van der Waals surface area contributed by atoms with Crippen LogP contribution in [0.15, 0.2) is 47.8 Å². The molecule has 1 saturated heterocycles. The van der Waals surface area contributed by atoms with E-state index >= 15 is 0 Å². The summed E-state index contributed by atoms with van der Waals surface area (Å²) in [6.07, 6.45) is 1.64. The Morgan fingerprint density at radius 3 is 2.68 bits per heavy atom. The van der Waals surface area contributed by atoms with Crippen molar-refractivity contribution in [1.82, 2.24) is 10.3 Å². The van der Waals surface area contributed by atoms with Crippen LogP contribution in [-0.2, 0) is 10.2 Å². The summed E-state index contributed by atoms with van der Waals surface area (Å²) in [6, 6.07) is 13.5. The first kappa shape index (κ1) is 20.3. The van der Waals surface area contributed by atoms with Crippen molar-refractivity contribution in [2.75, 3.05) is 26.6 Å². The fourth-order valence-electron chi connectivity index (χ4n) is 4.00. The van der Waals surface area contributed by atoms with E-state index in [4.69, 9.17) is 25.8 Å². The van der Waals surface area contributed by atoms with E-state index in [2.05, 4.69) is 16.4 Å². The Balaban J connectivity index is 1.33. The average molecular weight is 457 g/mol. The number of aromatic nitrogens is 1. The Hall–Kier alpha value is -2.61. The summed E-state index contributed by atoms with van der Waals surface area (Å²) in [6.45, 7) is 2.05. The van der Waals surface area contributed by atoms with Gasteiger partial charge in [0.1, 0.15) is 10.7 Å². The molecule has 0 unspecified atom stereocenters. The van der Waals surface area contributed by atoms with Crippen molar-refractivity contribution in [1.29, 1.82) is 0 Å². The number of halogens is 1. The van der Waals surface area contributed by atoms with Gasteiger partial charge in [-0.25, -0.2) is 4.98 Å². The molecule has 3 aromatic rings. The molecule has 0 spiro atoms. The summed E-state index contributed by atoms with van der Waals surface area (Å²) in [7, 11) is 0. The molecule has 0 radical (unpaired) electrons. The van der Waals surface area contributed by atoms with Gasteiger partial charge in [-0.3, -0.25) is 4.79 Å². The fourth-order valence-corrected chi connectivity index (χ4v) is 4.93. The Kier molecular flexibility index (Phi) is 5.56. The quantitative estimate of drug-likeness (QED) is 0.604. The number of carbonyl (C=O) groups is 1. The van der Waals surface area contributed by atoms with Crippen molar-refractivity contribution in [3.63, 3.8) is 0 Å². The number of hydrogen-bond donors (Lipinski definition) is 1. The van der Waals surface area contributed by atoms with E-state index in [9.17, 15) is 4.79 Å². The van der Waals surface area contributed by atoms with Crippen molar-refractivity contribution < 1.29 is 19.0 Å². The summed E-state index contributed by atoms with van der Waals surface area (Å²) in [5, 5.41) is 6.35. The molecule has 1 N–H and O–H groups in total. The SMILES string of the molecule is O=C(NCC1(c2ccc3c(c2)OCO3)CCOCC1)c1csc(-c2ccc(Cl)cc2)n1. The van der Waals surface area contributed by atoms with Crippen LogP contribution in [0.25, 0.3) is 10.6 Å². The zero-order chi connectivity index (χ0) is 21.3. The molecule has 0 atom stereocenters. The number of rotatable bonds is 5. The second kappa shape index (κ2) is 8.49. The van der Waals surface area contributed by atoms with Crippen LogP contribution < -0.4 is 14.8 Å². The molecule has 3 heterocycles. The molecule has 160 valence electrons. The summed E-state index contributed by atoms with van der Waals surface area (Å²) in [5.41, 5.74) is 2.27. The van der Waals surface area contributed by atoms with Gasteiger partial charge < -0.3 is 19.5 Å². The molecule has 5 rings (SSSR count). The third kappa shape index (κ3) is 4.13. The van der Waals surface area contributed by atoms with Gasteiger partial charge >= 0.3 is 0 Å². The predicted octanol–water partition coefficient (Wildman–Crippen LogP) is 4.67. The molecule has 1 aromatic heterocycles. The van der Waals surface area contributed by atoms with Crippen molar-refractivity contribution in [3.05, 3.63) is 64.1 Å². The molecular formula is C23H21ClN2O4S. The minimum Gasteiger partial charge on any atom is -0.454 e. The number of hydrogen-bond acceptors (Lipinski definition) is 6. The summed E-state index contributed by atoms with van der Waals surface area (Å²) in [5.74, 6) is 1.33. The van der Waals surface area contributed by atoms with E-state index in [1.54, 1.807) is 5.38 Å². The van der Waals surface area contributed by atoms with E-state index in [-0.39, 0.29) is 18.1 Å². The van der Waals surface area contributed by atoms with Gasteiger partial charge in [0, 0.05) is 41.1 Å². The van der Waals surface area contributed by atoms with Gasteiger partial charge in [-0.05, 0) is 42.7 Å². The van der Waals surface area contributed by atoms with Gasteiger partial charge in [0.2, 0.25) is 6.79 Å². The molecule has 1 amide bonds. The van der Waals surface area contributed by atoms with Gasteiger partial charge in [-0.2, -0.15) is 0 Å². The molecule has 6 nitrogen and oxygen atoms in total. The largest absolute Gasteiger partial charge is 0.454 e. The lowest BCUT2D eigenvalue weighted by molar-refractivity contribution is 0.0486. The van der Waals surface area contributed by atoms with Crippen molar-refractivity contribution in [2.24, 2.45) is 0 Å². The Morgan fingerprint density at radius 1 is 1.10 bits per heavy atom. The summed E-state index contributed by atoms with van der Waals surface area (Å²) in [4.78, 5) is 17.4. The fraction of sp³-hybridized carbons (Fsp3) is 0.304. The highest BCUT2D eigenvalue weighted by molar-refractivity contribution is 7.13. The van der Waals surface area contributed by atoms with E-state index < -0.39 is 0 Å². The maximum Gasteiger partial charge on any atom is 0.270 e. The lowest BCUT2D eigenvalue weighted by Gasteiger charge is -2.38. The Bertz CT molecular complexity index is 1090. The van der Waals surface area contributed by atoms with Crippen LogP contribution >= 0.6 is 22.9 Å². The predicted molar refractivity (Wildman–Crippen MR) is 119 cm³/mol. The van der Waals surface area contributed by atoms with Gasteiger partial charge in [-0.15, -0.1) is 11.3 Å². The lowest BCUT2D eigenvalue weighted by Crippen LogP contribution is -2.44. The number of thiazole rings is 1. The maximum absolute atomic E-state index is 12.9. The zero-order valence-electron chi connectivity index (χ0n) is 16.7. The van der Waals surface area contributed by atoms with Crippen LogP contribution in [0.2, 0.25) is 5.02 Å². The number of carbonyl (C=O) groups excluding carboxylic acids is 1. The van der Waals surface area contributed by atoms with Gasteiger partial charge in [-0.1, -0.05) is 29.8 Å². The summed E-state index contributed by atoms with van der Waals surface area (Å²) < 4.78 is 16.6. The molecule has 0 saturated carbocycles. The Labute approximate surface area is 189 Å². The van der Waals surface area contributed by atoms with E-state index in [1.165, 1.54) is 11.3 Å². The summed E-state index contributed by atoms with van der Waals surface area (Å²) >= 11 is 7.40. The molecule has 0 aliphatic carbocycles. The van der Waals surface area contributed by atoms with Crippen LogP contribution in [-0.4, -0.2) is 37.4 Å². The molecule has 2 aliphatic rings. The monoisotopic (exact) mass is 456 g/mol.